The van der Waals surface area contributed by atoms with Crippen LogP contribution in [0.15, 0.2) is 76.7 Å². The molecule has 1 heterocycles. The minimum absolute atomic E-state index is 0.264. The van der Waals surface area contributed by atoms with Crippen LogP contribution in [0.1, 0.15) is 12.5 Å². The summed E-state index contributed by atoms with van der Waals surface area (Å²) in [6, 6.07) is 17.7. The largest absolute Gasteiger partial charge is 0.320 e. The number of thioether (sulfide) groups is 1. The summed E-state index contributed by atoms with van der Waals surface area (Å²) >= 11 is 1.04. The number of hydrogen-bond donors (Lipinski definition) is 1. The van der Waals surface area contributed by atoms with Gasteiger partial charge in [-0.2, -0.15) is 0 Å². The molecular formula is C24H19F2N3O2S. The minimum atomic E-state index is -0.865. The zero-order chi connectivity index (χ0) is 22.8. The van der Waals surface area contributed by atoms with Gasteiger partial charge in [-0.25, -0.2) is 13.8 Å². The standard InChI is InChI=1S/C24H19F2N3O2S/c1-14-8-3-6-13-20(14)29-23(31)16-9-4-5-12-19(16)27-24(29)32-15(2)22(30)28-21-17(25)10-7-11-18(21)26/h3-13,15H,1-2H3,(H,28,30). The molecule has 1 atom stereocenters. The molecule has 1 N–H and O–H groups in total. The number of carbonyl (C=O) groups excluding carboxylic acids is 1. The lowest BCUT2D eigenvalue weighted by Gasteiger charge is -2.18. The molecule has 0 bridgehead atoms. The van der Waals surface area contributed by atoms with Gasteiger partial charge in [0.2, 0.25) is 5.91 Å². The molecule has 4 rings (SSSR count). The van der Waals surface area contributed by atoms with Crippen molar-refractivity contribution in [2.45, 2.75) is 24.3 Å². The van der Waals surface area contributed by atoms with Crippen LogP contribution in [0.2, 0.25) is 0 Å². The first kappa shape index (κ1) is 21.7. The Morgan fingerprint density at radius 3 is 2.38 bits per heavy atom. The molecule has 1 unspecified atom stereocenters. The number of aromatic nitrogens is 2. The van der Waals surface area contributed by atoms with E-state index in [2.05, 4.69) is 10.3 Å². The summed E-state index contributed by atoms with van der Waals surface area (Å²) in [6.07, 6.45) is 0. The maximum atomic E-state index is 13.9. The fraction of sp³-hybridized carbons (Fsp3) is 0.125. The third-order valence-electron chi connectivity index (χ3n) is 4.96. The second-order valence-corrected chi connectivity index (χ2v) is 8.49. The average Bonchev–Trinajstić information content (AvgIpc) is 2.77. The number of nitrogens with one attached hydrogen (secondary N) is 1. The van der Waals surface area contributed by atoms with E-state index >= 15 is 0 Å². The molecule has 3 aromatic carbocycles. The molecule has 0 saturated carbocycles. The number of benzene rings is 3. The van der Waals surface area contributed by atoms with E-state index in [-0.39, 0.29) is 5.56 Å². The van der Waals surface area contributed by atoms with Gasteiger partial charge in [0.05, 0.1) is 21.8 Å². The lowest BCUT2D eigenvalue weighted by molar-refractivity contribution is -0.115. The minimum Gasteiger partial charge on any atom is -0.320 e. The predicted molar refractivity (Wildman–Crippen MR) is 122 cm³/mol. The van der Waals surface area contributed by atoms with Crippen LogP contribution in [-0.2, 0) is 4.79 Å². The summed E-state index contributed by atoms with van der Waals surface area (Å²) in [4.78, 5) is 30.7. The Hall–Kier alpha value is -3.52. The Balaban J connectivity index is 1.75. The molecule has 1 aromatic heterocycles. The third kappa shape index (κ3) is 4.13. The highest BCUT2D eigenvalue weighted by molar-refractivity contribution is 8.00. The first-order valence-electron chi connectivity index (χ1n) is 9.86. The van der Waals surface area contributed by atoms with Gasteiger partial charge in [0, 0.05) is 0 Å². The van der Waals surface area contributed by atoms with Crippen LogP contribution in [0.3, 0.4) is 0 Å². The molecule has 0 spiro atoms. The van der Waals surface area contributed by atoms with Crippen LogP contribution in [-0.4, -0.2) is 20.7 Å². The Labute approximate surface area is 187 Å². The van der Waals surface area contributed by atoms with Gasteiger partial charge in [-0.3, -0.25) is 14.2 Å². The molecule has 0 aliphatic carbocycles. The second-order valence-electron chi connectivity index (χ2n) is 7.18. The number of nitrogens with zero attached hydrogens (tertiary/aromatic N) is 2. The van der Waals surface area contributed by atoms with Crippen LogP contribution < -0.4 is 10.9 Å². The molecule has 0 aliphatic heterocycles. The van der Waals surface area contributed by atoms with Crippen molar-refractivity contribution >= 4 is 34.3 Å². The molecule has 0 saturated heterocycles. The van der Waals surface area contributed by atoms with Crippen LogP contribution >= 0.6 is 11.8 Å². The molecule has 162 valence electrons. The predicted octanol–water partition coefficient (Wildman–Crippen LogP) is 5.09. The smallest absolute Gasteiger partial charge is 0.266 e. The molecule has 32 heavy (non-hydrogen) atoms. The van der Waals surface area contributed by atoms with Crippen molar-refractivity contribution in [3.05, 3.63) is 94.3 Å². The van der Waals surface area contributed by atoms with Crippen molar-refractivity contribution in [1.29, 1.82) is 0 Å². The highest BCUT2D eigenvalue weighted by atomic mass is 32.2. The Morgan fingerprint density at radius 2 is 1.66 bits per heavy atom. The van der Waals surface area contributed by atoms with Gasteiger partial charge in [-0.1, -0.05) is 48.2 Å². The third-order valence-corrected chi connectivity index (χ3v) is 6.02. The zero-order valence-electron chi connectivity index (χ0n) is 17.3. The van der Waals surface area contributed by atoms with Gasteiger partial charge in [0.15, 0.2) is 5.16 Å². The molecule has 0 fully saturated rings. The van der Waals surface area contributed by atoms with E-state index < -0.39 is 28.5 Å². The number of rotatable bonds is 5. The highest BCUT2D eigenvalue weighted by Gasteiger charge is 2.22. The SMILES string of the molecule is Cc1ccccc1-n1c(SC(C)C(=O)Nc2c(F)cccc2F)nc2ccccc2c1=O. The topological polar surface area (TPSA) is 64.0 Å². The van der Waals surface area contributed by atoms with E-state index in [1.807, 2.05) is 25.1 Å². The van der Waals surface area contributed by atoms with E-state index in [0.29, 0.717) is 21.7 Å². The molecule has 4 aromatic rings. The van der Waals surface area contributed by atoms with Crippen molar-refractivity contribution in [3.63, 3.8) is 0 Å². The van der Waals surface area contributed by atoms with Crippen molar-refractivity contribution in [2.75, 3.05) is 5.32 Å². The van der Waals surface area contributed by atoms with E-state index in [1.54, 1.807) is 37.3 Å². The van der Waals surface area contributed by atoms with Gasteiger partial charge in [0.25, 0.3) is 5.56 Å². The van der Waals surface area contributed by atoms with Crippen LogP contribution in [0.4, 0.5) is 14.5 Å². The second kappa shape index (κ2) is 8.92. The molecule has 0 radical (unpaired) electrons. The monoisotopic (exact) mass is 451 g/mol. The first-order valence-corrected chi connectivity index (χ1v) is 10.7. The fourth-order valence-corrected chi connectivity index (χ4v) is 4.19. The van der Waals surface area contributed by atoms with Crippen molar-refractivity contribution < 1.29 is 13.6 Å². The van der Waals surface area contributed by atoms with E-state index in [9.17, 15) is 18.4 Å². The van der Waals surface area contributed by atoms with E-state index in [1.165, 1.54) is 10.6 Å². The maximum absolute atomic E-state index is 13.9. The summed E-state index contributed by atoms with van der Waals surface area (Å²) in [5.74, 6) is -2.34. The summed E-state index contributed by atoms with van der Waals surface area (Å²) in [5, 5.41) is 2.26. The lowest BCUT2D eigenvalue weighted by atomic mass is 10.2. The van der Waals surface area contributed by atoms with Gasteiger partial charge < -0.3 is 5.32 Å². The van der Waals surface area contributed by atoms with Crippen molar-refractivity contribution in [2.24, 2.45) is 0 Å². The number of hydrogen-bond acceptors (Lipinski definition) is 4. The number of fused-ring (bicyclic) bond motifs is 1. The fourth-order valence-electron chi connectivity index (χ4n) is 3.27. The van der Waals surface area contributed by atoms with Gasteiger partial charge in [-0.05, 0) is 49.7 Å². The molecular weight excluding hydrogens is 432 g/mol. The number of aryl methyl sites for hydroxylation is 1. The summed E-state index contributed by atoms with van der Waals surface area (Å²) < 4.78 is 29.3. The Bertz CT molecular complexity index is 1370. The number of halogens is 2. The number of carbonyl (C=O) groups is 1. The van der Waals surface area contributed by atoms with E-state index in [4.69, 9.17) is 0 Å². The Morgan fingerprint density at radius 1 is 1.00 bits per heavy atom. The van der Waals surface area contributed by atoms with E-state index in [0.717, 1.165) is 29.5 Å². The quantitative estimate of drug-likeness (QED) is 0.339. The number of amides is 1. The lowest BCUT2D eigenvalue weighted by Crippen LogP contribution is -2.27. The van der Waals surface area contributed by atoms with Crippen molar-refractivity contribution in [3.8, 4) is 5.69 Å². The normalized spacial score (nSPS) is 12.0. The molecule has 1 amide bonds. The van der Waals surface area contributed by atoms with Crippen LogP contribution in [0, 0.1) is 18.6 Å². The number of para-hydroxylation sites is 3. The van der Waals surface area contributed by atoms with Crippen LogP contribution in [0.5, 0.6) is 0 Å². The summed E-state index contributed by atoms with van der Waals surface area (Å²) in [7, 11) is 0. The zero-order valence-corrected chi connectivity index (χ0v) is 18.1. The van der Waals surface area contributed by atoms with Gasteiger partial charge >= 0.3 is 0 Å². The van der Waals surface area contributed by atoms with Gasteiger partial charge in [-0.15, -0.1) is 0 Å². The van der Waals surface area contributed by atoms with Crippen LogP contribution in [0.25, 0.3) is 16.6 Å². The molecule has 5 nitrogen and oxygen atoms in total. The summed E-state index contributed by atoms with van der Waals surface area (Å²) in [6.45, 7) is 3.46. The summed E-state index contributed by atoms with van der Waals surface area (Å²) in [5.41, 5.74) is 1.23. The average molecular weight is 451 g/mol. The molecule has 0 aliphatic rings. The van der Waals surface area contributed by atoms with Gasteiger partial charge in [0.1, 0.15) is 17.3 Å². The highest BCUT2D eigenvalue weighted by Crippen LogP contribution is 2.27. The Kier molecular flexibility index (Phi) is 6.05. The first-order chi connectivity index (χ1) is 15.4. The van der Waals surface area contributed by atoms with Crippen molar-refractivity contribution in [1.82, 2.24) is 9.55 Å². The molecule has 8 heteroatoms. The maximum Gasteiger partial charge on any atom is 0.266 e. The number of anilines is 1.